The van der Waals surface area contributed by atoms with Gasteiger partial charge in [-0.05, 0) is 109 Å². The summed E-state index contributed by atoms with van der Waals surface area (Å²) in [5, 5.41) is 25.2. The molecule has 5 aromatic carbocycles. The van der Waals surface area contributed by atoms with E-state index in [4.69, 9.17) is 67.5 Å². The molecule has 4 N–H and O–H groups in total. The van der Waals surface area contributed by atoms with E-state index in [1.165, 1.54) is 54.6 Å². The number of ether oxygens (including phenoxy) is 2. The van der Waals surface area contributed by atoms with E-state index >= 15 is 0 Å². The quantitative estimate of drug-likeness (QED) is 0.0314. The molecular formula is C50H49Cl5N8O8. The average Bonchev–Trinajstić information content (AvgIpc) is 3.31. The zero-order valence-corrected chi connectivity index (χ0v) is 43.2. The molecule has 0 aliphatic heterocycles. The third kappa shape index (κ3) is 14.1. The van der Waals surface area contributed by atoms with Crippen molar-refractivity contribution in [1.29, 1.82) is 0 Å². The van der Waals surface area contributed by atoms with Crippen LogP contribution in [0.1, 0.15) is 102 Å². The lowest BCUT2D eigenvalue weighted by Crippen LogP contribution is -2.32. The van der Waals surface area contributed by atoms with Crippen LogP contribution in [0.3, 0.4) is 0 Å². The second-order valence-electron chi connectivity index (χ2n) is 15.6. The van der Waals surface area contributed by atoms with Gasteiger partial charge in [0.1, 0.15) is 22.9 Å². The van der Waals surface area contributed by atoms with Crippen LogP contribution >= 0.6 is 58.0 Å². The van der Waals surface area contributed by atoms with E-state index in [0.29, 0.717) is 52.8 Å². The van der Waals surface area contributed by atoms with Gasteiger partial charge in [0.05, 0.1) is 61.9 Å². The Hall–Kier alpha value is -6.43. The van der Waals surface area contributed by atoms with Crippen molar-refractivity contribution in [3.05, 3.63) is 129 Å². The first kappa shape index (κ1) is 55.5. The Morgan fingerprint density at radius 1 is 0.521 bits per heavy atom. The number of rotatable bonds is 21. The van der Waals surface area contributed by atoms with E-state index in [0.717, 1.165) is 13.8 Å². The monoisotopic (exact) mass is 1060 g/mol. The smallest absolute Gasteiger partial charge is 0.258 e. The lowest BCUT2D eigenvalue weighted by Gasteiger charge is -2.17. The predicted molar refractivity (Wildman–Crippen MR) is 279 cm³/mol. The Labute approximate surface area is 435 Å². The first-order valence-electron chi connectivity index (χ1n) is 22.0. The molecule has 4 amide bonds. The van der Waals surface area contributed by atoms with Gasteiger partial charge in [-0.3, -0.25) is 28.8 Å². The molecule has 16 nitrogen and oxygen atoms in total. The van der Waals surface area contributed by atoms with Gasteiger partial charge in [0, 0.05) is 22.5 Å². The van der Waals surface area contributed by atoms with Crippen LogP contribution in [-0.2, 0) is 19.2 Å². The second-order valence-corrected chi connectivity index (χ2v) is 18.3. The number of nitrogens with zero attached hydrogens (tertiary/aromatic N) is 4. The van der Waals surface area contributed by atoms with Crippen molar-refractivity contribution in [2.75, 3.05) is 34.5 Å². The van der Waals surface area contributed by atoms with Crippen molar-refractivity contribution >= 4 is 127 Å². The summed E-state index contributed by atoms with van der Waals surface area (Å²) >= 11 is 32.5. The number of para-hydroxylation sites is 2. The molecule has 0 spiro atoms. The van der Waals surface area contributed by atoms with Crippen molar-refractivity contribution in [2.45, 2.75) is 76.7 Å². The number of amides is 4. The van der Waals surface area contributed by atoms with Crippen LogP contribution in [0.5, 0.6) is 11.5 Å². The lowest BCUT2D eigenvalue weighted by molar-refractivity contribution is -0.127. The Bertz CT molecular complexity index is 2890. The van der Waals surface area contributed by atoms with Crippen molar-refractivity contribution < 1.29 is 38.2 Å². The minimum atomic E-state index is -1.66. The highest BCUT2D eigenvalue weighted by atomic mass is 35.5. The number of hydrogen-bond donors (Lipinski definition) is 4. The number of halogens is 5. The number of anilines is 4. The predicted octanol–water partition coefficient (Wildman–Crippen LogP) is 13.6. The number of carbonyl (C=O) groups is 6. The zero-order valence-electron chi connectivity index (χ0n) is 39.4. The number of Topliss-reactive ketones (excluding diaryl/α,β-unsaturated/α-hetero) is 2. The van der Waals surface area contributed by atoms with Crippen LogP contribution in [0.2, 0.25) is 10.0 Å². The number of hydrogen-bond acceptors (Lipinski definition) is 12. The molecule has 0 aliphatic carbocycles. The van der Waals surface area contributed by atoms with Gasteiger partial charge in [-0.2, -0.15) is 20.5 Å². The topological polar surface area (TPSA) is 218 Å². The fourth-order valence-corrected chi connectivity index (χ4v) is 7.86. The molecule has 5 aromatic rings. The van der Waals surface area contributed by atoms with Crippen LogP contribution in [0.4, 0.5) is 34.1 Å². The maximum atomic E-state index is 13.6. The van der Waals surface area contributed by atoms with E-state index in [9.17, 15) is 28.8 Å². The number of nitrogens with one attached hydrogen (secondary N) is 4. The summed E-state index contributed by atoms with van der Waals surface area (Å²) in [4.78, 5) is 79.6. The van der Waals surface area contributed by atoms with Crippen molar-refractivity contribution in [3.63, 3.8) is 0 Å². The Kier molecular flexibility index (Phi) is 20.0. The first-order chi connectivity index (χ1) is 33.8. The largest absolute Gasteiger partial charge is 0.491 e. The van der Waals surface area contributed by atoms with E-state index in [2.05, 4.69) is 41.7 Å². The number of alkyl halides is 3. The minimum absolute atomic E-state index is 0.00110. The van der Waals surface area contributed by atoms with Gasteiger partial charge in [0.15, 0.2) is 11.6 Å². The SMILES string of the molecule is CCOc1c(NC(=O)c2cccc(N=NC(C(C)=O)C(=O)Nc3ccc(NC(=O)C(N=Nc4cccc(C(=O)Nc5cccc(C(C)Cl)c5OCC)c4Cl)C(C)=O)c(C(C)Cl)c3)c2Cl)cccc1C(C)Cl. The van der Waals surface area contributed by atoms with Crippen LogP contribution in [0.25, 0.3) is 0 Å². The zero-order chi connectivity index (χ0) is 52.1. The van der Waals surface area contributed by atoms with Crippen LogP contribution in [0, 0.1) is 0 Å². The fourth-order valence-electron chi connectivity index (χ4n) is 6.84. The summed E-state index contributed by atoms with van der Waals surface area (Å²) in [5.74, 6) is -3.44. The molecule has 5 atom stereocenters. The molecule has 0 saturated heterocycles. The van der Waals surface area contributed by atoms with Crippen LogP contribution in [-0.4, -0.2) is 60.5 Å². The van der Waals surface area contributed by atoms with Crippen molar-refractivity contribution in [3.8, 4) is 11.5 Å². The van der Waals surface area contributed by atoms with Gasteiger partial charge in [-0.25, -0.2) is 0 Å². The molecule has 0 heterocycles. The van der Waals surface area contributed by atoms with Gasteiger partial charge in [0.2, 0.25) is 12.1 Å². The van der Waals surface area contributed by atoms with Gasteiger partial charge in [0.25, 0.3) is 23.6 Å². The normalized spacial score (nSPS) is 13.4. The Morgan fingerprint density at radius 2 is 0.930 bits per heavy atom. The number of benzene rings is 5. The maximum absolute atomic E-state index is 13.6. The van der Waals surface area contributed by atoms with E-state index in [-0.39, 0.29) is 43.9 Å². The van der Waals surface area contributed by atoms with Crippen molar-refractivity contribution in [2.24, 2.45) is 20.5 Å². The molecule has 0 aliphatic rings. The summed E-state index contributed by atoms with van der Waals surface area (Å²) < 4.78 is 11.6. The Balaban J connectivity index is 1.30. The molecule has 71 heavy (non-hydrogen) atoms. The van der Waals surface area contributed by atoms with Gasteiger partial charge < -0.3 is 30.7 Å². The molecule has 21 heteroatoms. The summed E-state index contributed by atoms with van der Waals surface area (Å²) in [5.41, 5.74) is 2.81. The highest BCUT2D eigenvalue weighted by molar-refractivity contribution is 6.37. The summed E-state index contributed by atoms with van der Waals surface area (Å²) in [6.45, 7) is 11.7. The fraction of sp³-hybridized carbons (Fsp3) is 0.280. The molecule has 0 bridgehead atoms. The second kappa shape index (κ2) is 25.6. The van der Waals surface area contributed by atoms with Gasteiger partial charge in [-0.15, -0.1) is 34.8 Å². The maximum Gasteiger partial charge on any atom is 0.258 e. The highest BCUT2D eigenvalue weighted by Crippen LogP contribution is 2.39. The van der Waals surface area contributed by atoms with Gasteiger partial charge in [-0.1, -0.05) is 59.6 Å². The molecule has 5 unspecified atom stereocenters. The molecule has 0 saturated carbocycles. The molecule has 5 rings (SSSR count). The molecule has 0 fully saturated rings. The lowest BCUT2D eigenvalue weighted by atomic mass is 10.1. The van der Waals surface area contributed by atoms with E-state index in [1.54, 1.807) is 71.0 Å². The number of carbonyl (C=O) groups excluding carboxylic acids is 6. The van der Waals surface area contributed by atoms with Crippen LogP contribution in [0.15, 0.2) is 111 Å². The third-order valence-corrected chi connectivity index (χ3v) is 11.8. The molecule has 372 valence electrons. The molecular weight excluding hydrogens is 1020 g/mol. The Morgan fingerprint density at radius 3 is 1.32 bits per heavy atom. The molecule has 0 aromatic heterocycles. The molecule has 0 radical (unpaired) electrons. The third-order valence-electron chi connectivity index (χ3n) is 10.3. The summed E-state index contributed by atoms with van der Waals surface area (Å²) in [7, 11) is 0. The van der Waals surface area contributed by atoms with E-state index in [1.807, 2.05) is 0 Å². The standard InChI is InChI=1S/C50H49Cl5N8O8/c1-8-70-45-31(25(3)51)14-10-20-39(45)58-47(66)33-16-12-18-37(41(33)54)60-62-43(28(6)64)49(68)56-30-22-23-36(35(24-30)27(5)53)57-50(69)44(29(7)65)63-61-38-19-13-17-34(42(38)55)48(67)59-40-21-11-15-32(26(4)52)46(40)71-9-2/h10-27,43-44H,8-9H2,1-7H3,(H,56,68)(H,57,69)(H,58,66)(H,59,67). The number of ketones is 2. The highest BCUT2D eigenvalue weighted by Gasteiger charge is 2.28. The van der Waals surface area contributed by atoms with Crippen molar-refractivity contribution in [1.82, 2.24) is 0 Å². The summed E-state index contributed by atoms with van der Waals surface area (Å²) in [6.07, 6.45) is 0. The van der Waals surface area contributed by atoms with E-state index < -0.39 is 63.4 Å². The van der Waals surface area contributed by atoms with Crippen LogP contribution < -0.4 is 30.7 Å². The average molecular weight is 1070 g/mol. The number of azo groups is 2. The van der Waals surface area contributed by atoms with Gasteiger partial charge >= 0.3 is 0 Å². The summed E-state index contributed by atoms with van der Waals surface area (Å²) in [6, 6.07) is 20.2. The minimum Gasteiger partial charge on any atom is -0.491 e. The first-order valence-corrected chi connectivity index (χ1v) is 24.1.